The number of aromatic nitrogens is 2. The van der Waals surface area contributed by atoms with Crippen molar-refractivity contribution in [2.24, 2.45) is 5.92 Å². The lowest BCUT2D eigenvalue weighted by molar-refractivity contribution is 0.278. The highest BCUT2D eigenvalue weighted by Gasteiger charge is 2.44. The summed E-state index contributed by atoms with van der Waals surface area (Å²) in [5, 5.41) is 7.75. The van der Waals surface area contributed by atoms with Gasteiger partial charge in [0, 0.05) is 11.5 Å². The second-order valence-corrected chi connectivity index (χ2v) is 6.53. The minimum atomic E-state index is 0.184. The maximum Gasteiger partial charge on any atom is 0.231 e. The molecule has 4 heteroatoms. The maximum atomic E-state index is 5.55. The molecule has 2 atom stereocenters. The molecule has 0 bridgehead atoms. The summed E-state index contributed by atoms with van der Waals surface area (Å²) in [7, 11) is 0. The van der Waals surface area contributed by atoms with Crippen LogP contribution in [0.4, 0.5) is 0 Å². The highest BCUT2D eigenvalue weighted by atomic mass is 16.5. The van der Waals surface area contributed by atoms with Gasteiger partial charge < -0.3 is 9.84 Å². The van der Waals surface area contributed by atoms with E-state index in [2.05, 4.69) is 50.1 Å². The number of hydrogen-bond acceptors (Lipinski definition) is 4. The Hall–Kier alpha value is -0.900. The van der Waals surface area contributed by atoms with E-state index in [4.69, 9.17) is 4.52 Å². The fraction of sp³-hybridized carbons (Fsp3) is 0.867. The number of rotatable bonds is 7. The third-order valence-corrected chi connectivity index (χ3v) is 4.24. The molecular formula is C15H27N3O. The summed E-state index contributed by atoms with van der Waals surface area (Å²) < 4.78 is 5.55. The van der Waals surface area contributed by atoms with Crippen LogP contribution in [-0.2, 0) is 5.41 Å². The lowest BCUT2D eigenvalue weighted by atomic mass is 9.89. The second-order valence-electron chi connectivity index (χ2n) is 6.53. The Morgan fingerprint density at radius 1 is 1.32 bits per heavy atom. The van der Waals surface area contributed by atoms with Crippen molar-refractivity contribution in [3.05, 3.63) is 11.7 Å². The fourth-order valence-electron chi connectivity index (χ4n) is 2.60. The van der Waals surface area contributed by atoms with Crippen LogP contribution in [0.25, 0.3) is 0 Å². The van der Waals surface area contributed by atoms with Crippen molar-refractivity contribution in [1.82, 2.24) is 15.5 Å². The normalized spacial score (nSPS) is 20.5. The van der Waals surface area contributed by atoms with Crippen LogP contribution in [0.2, 0.25) is 0 Å². The highest BCUT2D eigenvalue weighted by molar-refractivity contribution is 5.15. The van der Waals surface area contributed by atoms with E-state index in [0.717, 1.165) is 24.7 Å². The third kappa shape index (κ3) is 3.16. The topological polar surface area (TPSA) is 51.0 Å². The third-order valence-electron chi connectivity index (χ3n) is 4.24. The van der Waals surface area contributed by atoms with Crippen LogP contribution < -0.4 is 5.32 Å². The van der Waals surface area contributed by atoms with Crippen LogP contribution in [0, 0.1) is 5.92 Å². The Morgan fingerprint density at radius 3 is 2.53 bits per heavy atom. The lowest BCUT2D eigenvalue weighted by Crippen LogP contribution is -2.35. The first kappa shape index (κ1) is 14.5. The van der Waals surface area contributed by atoms with E-state index >= 15 is 0 Å². The number of nitrogens with zero attached hydrogens (tertiary/aromatic N) is 2. The quantitative estimate of drug-likeness (QED) is 0.822. The van der Waals surface area contributed by atoms with Crippen LogP contribution in [0.1, 0.15) is 71.5 Å². The van der Waals surface area contributed by atoms with Gasteiger partial charge in [-0.15, -0.1) is 0 Å². The van der Waals surface area contributed by atoms with E-state index in [9.17, 15) is 0 Å². The Labute approximate surface area is 116 Å². The van der Waals surface area contributed by atoms with E-state index in [1.807, 2.05) is 0 Å². The number of nitrogens with one attached hydrogen (secondary N) is 1. The van der Waals surface area contributed by atoms with Crippen molar-refractivity contribution in [1.29, 1.82) is 0 Å². The first-order chi connectivity index (χ1) is 8.98. The van der Waals surface area contributed by atoms with E-state index in [1.165, 1.54) is 12.8 Å². The van der Waals surface area contributed by atoms with E-state index < -0.39 is 0 Å². The summed E-state index contributed by atoms with van der Waals surface area (Å²) in [5.74, 6) is 2.47. The first-order valence-electron chi connectivity index (χ1n) is 7.55. The molecule has 4 nitrogen and oxygen atoms in total. The molecular weight excluding hydrogens is 238 g/mol. The molecule has 2 unspecified atom stereocenters. The SMILES string of the molecule is CCCNC(C)C(c1nc(C2(C)CC2)no1)C(C)C. The Morgan fingerprint density at radius 2 is 2.00 bits per heavy atom. The van der Waals surface area contributed by atoms with E-state index in [0.29, 0.717) is 12.0 Å². The van der Waals surface area contributed by atoms with Crippen LogP contribution in [-0.4, -0.2) is 22.7 Å². The van der Waals surface area contributed by atoms with Gasteiger partial charge in [0.1, 0.15) is 0 Å². The molecule has 108 valence electrons. The Balaban J connectivity index is 2.12. The lowest BCUT2D eigenvalue weighted by Gasteiger charge is -2.25. The monoisotopic (exact) mass is 265 g/mol. The van der Waals surface area contributed by atoms with E-state index in [-0.39, 0.29) is 11.3 Å². The van der Waals surface area contributed by atoms with E-state index in [1.54, 1.807) is 0 Å². The molecule has 1 aromatic rings. The predicted octanol–water partition coefficient (Wildman–Crippen LogP) is 3.25. The molecule has 0 spiro atoms. The zero-order valence-electron chi connectivity index (χ0n) is 12.9. The summed E-state index contributed by atoms with van der Waals surface area (Å²) in [4.78, 5) is 4.68. The van der Waals surface area contributed by atoms with Gasteiger partial charge in [-0.3, -0.25) is 0 Å². The predicted molar refractivity (Wildman–Crippen MR) is 76.2 cm³/mol. The summed E-state index contributed by atoms with van der Waals surface area (Å²) in [6.45, 7) is 12.1. The van der Waals surface area contributed by atoms with Crippen molar-refractivity contribution in [3.63, 3.8) is 0 Å². The smallest absolute Gasteiger partial charge is 0.231 e. The number of hydrogen-bond donors (Lipinski definition) is 1. The standard InChI is InChI=1S/C15H27N3O/c1-6-9-16-11(4)12(10(2)3)13-17-14(18-19-13)15(5)7-8-15/h10-12,16H,6-9H2,1-5H3. The van der Waals surface area contributed by atoms with Crippen molar-refractivity contribution >= 4 is 0 Å². The van der Waals surface area contributed by atoms with Crippen molar-refractivity contribution in [3.8, 4) is 0 Å². The van der Waals surface area contributed by atoms with Crippen molar-refractivity contribution in [2.45, 2.75) is 71.3 Å². The zero-order valence-corrected chi connectivity index (χ0v) is 12.9. The maximum absolute atomic E-state index is 5.55. The molecule has 1 fully saturated rings. The fourth-order valence-corrected chi connectivity index (χ4v) is 2.60. The molecule has 1 aromatic heterocycles. The van der Waals surface area contributed by atoms with Gasteiger partial charge in [-0.05, 0) is 38.6 Å². The van der Waals surface area contributed by atoms with Gasteiger partial charge in [0.05, 0.1) is 5.92 Å². The van der Waals surface area contributed by atoms with Gasteiger partial charge in [0.25, 0.3) is 0 Å². The molecule has 0 aromatic carbocycles. The molecule has 19 heavy (non-hydrogen) atoms. The molecule has 2 rings (SSSR count). The minimum absolute atomic E-state index is 0.184. The minimum Gasteiger partial charge on any atom is -0.339 e. The summed E-state index contributed by atoms with van der Waals surface area (Å²) in [5.41, 5.74) is 0.184. The van der Waals surface area contributed by atoms with Gasteiger partial charge in [-0.2, -0.15) is 4.98 Å². The zero-order chi connectivity index (χ0) is 14.0. The van der Waals surface area contributed by atoms with Gasteiger partial charge >= 0.3 is 0 Å². The highest BCUT2D eigenvalue weighted by Crippen LogP contribution is 2.46. The first-order valence-corrected chi connectivity index (χ1v) is 7.55. The molecule has 1 aliphatic carbocycles. The van der Waals surface area contributed by atoms with Gasteiger partial charge in [0.15, 0.2) is 5.82 Å². The molecule has 0 amide bonds. The molecule has 0 saturated heterocycles. The summed E-state index contributed by atoms with van der Waals surface area (Å²) in [6, 6.07) is 0.361. The van der Waals surface area contributed by atoms with Gasteiger partial charge in [-0.1, -0.05) is 32.9 Å². The second kappa shape index (κ2) is 5.61. The Kier molecular flexibility index (Phi) is 4.29. The van der Waals surface area contributed by atoms with Crippen LogP contribution in [0.15, 0.2) is 4.52 Å². The average Bonchev–Trinajstić information content (AvgIpc) is 2.91. The largest absolute Gasteiger partial charge is 0.339 e. The van der Waals surface area contributed by atoms with Crippen LogP contribution in [0.3, 0.4) is 0 Å². The van der Waals surface area contributed by atoms with Crippen LogP contribution in [0.5, 0.6) is 0 Å². The molecule has 0 aliphatic heterocycles. The molecule has 1 N–H and O–H groups in total. The summed E-state index contributed by atoms with van der Waals surface area (Å²) in [6.07, 6.45) is 3.51. The summed E-state index contributed by atoms with van der Waals surface area (Å²) >= 11 is 0. The Bertz CT molecular complexity index is 409. The average molecular weight is 265 g/mol. The van der Waals surface area contributed by atoms with Gasteiger partial charge in [-0.25, -0.2) is 0 Å². The van der Waals surface area contributed by atoms with Gasteiger partial charge in [0.2, 0.25) is 5.89 Å². The van der Waals surface area contributed by atoms with Crippen molar-refractivity contribution < 1.29 is 4.52 Å². The van der Waals surface area contributed by atoms with Crippen molar-refractivity contribution in [2.75, 3.05) is 6.54 Å². The molecule has 1 aliphatic rings. The molecule has 1 heterocycles. The molecule has 1 saturated carbocycles. The molecule has 0 radical (unpaired) electrons. The van der Waals surface area contributed by atoms with Crippen LogP contribution >= 0.6 is 0 Å².